The van der Waals surface area contributed by atoms with Gasteiger partial charge in [0, 0.05) is 18.8 Å². The number of carbonyl (C=O) groups excluding carboxylic acids is 1. The smallest absolute Gasteiger partial charge is 0.272 e. The maximum absolute atomic E-state index is 12.1. The van der Waals surface area contributed by atoms with Crippen molar-refractivity contribution in [2.45, 2.75) is 33.1 Å². The van der Waals surface area contributed by atoms with Gasteiger partial charge in [0.15, 0.2) is 0 Å². The average Bonchev–Trinajstić information content (AvgIpc) is 2.28. The summed E-state index contributed by atoms with van der Waals surface area (Å²) in [6.45, 7) is 5.43. The summed E-state index contributed by atoms with van der Waals surface area (Å²) in [6.07, 6.45) is 3.44. The molecule has 86 valence electrons. The number of hydrogen-bond acceptors (Lipinski definition) is 3. The zero-order valence-corrected chi connectivity index (χ0v) is 9.86. The standard InChI is InChI=1S/C12H17N3O/c1-9-8-11(14-10(2)13-9)12(16)15-6-4-3-5-7-15/h8H,3-7H2,1-2H3. The molecule has 0 aliphatic carbocycles. The Morgan fingerprint density at radius 1 is 1.19 bits per heavy atom. The molecule has 0 aromatic carbocycles. The molecule has 1 aromatic rings. The fourth-order valence-electron chi connectivity index (χ4n) is 2.09. The molecule has 0 saturated carbocycles. The van der Waals surface area contributed by atoms with Crippen LogP contribution in [-0.2, 0) is 0 Å². The first kappa shape index (κ1) is 11.0. The van der Waals surface area contributed by atoms with Gasteiger partial charge in [0.2, 0.25) is 0 Å². The van der Waals surface area contributed by atoms with Crippen LogP contribution in [0.3, 0.4) is 0 Å². The van der Waals surface area contributed by atoms with Gasteiger partial charge >= 0.3 is 0 Å². The van der Waals surface area contributed by atoms with Crippen molar-refractivity contribution in [2.75, 3.05) is 13.1 Å². The number of amides is 1. The van der Waals surface area contributed by atoms with E-state index in [1.165, 1.54) is 6.42 Å². The summed E-state index contributed by atoms with van der Waals surface area (Å²) in [5.41, 5.74) is 1.39. The molecule has 1 aromatic heterocycles. The number of piperidine rings is 1. The van der Waals surface area contributed by atoms with E-state index < -0.39 is 0 Å². The van der Waals surface area contributed by atoms with Gasteiger partial charge in [-0.1, -0.05) is 0 Å². The van der Waals surface area contributed by atoms with Crippen LogP contribution in [0.4, 0.5) is 0 Å². The Bertz CT molecular complexity index is 377. The molecule has 16 heavy (non-hydrogen) atoms. The molecule has 1 fully saturated rings. The third-order valence-corrected chi connectivity index (χ3v) is 2.83. The third-order valence-electron chi connectivity index (χ3n) is 2.83. The van der Waals surface area contributed by atoms with Gasteiger partial charge in [-0.05, 0) is 39.2 Å². The number of hydrogen-bond donors (Lipinski definition) is 0. The first-order valence-corrected chi connectivity index (χ1v) is 5.78. The predicted octanol–water partition coefficient (Wildman–Crippen LogP) is 1.72. The lowest BCUT2D eigenvalue weighted by Crippen LogP contribution is -2.36. The quantitative estimate of drug-likeness (QED) is 0.722. The van der Waals surface area contributed by atoms with E-state index in [2.05, 4.69) is 9.97 Å². The van der Waals surface area contributed by atoms with Crippen molar-refractivity contribution >= 4 is 5.91 Å². The van der Waals surface area contributed by atoms with Gasteiger partial charge in [-0.25, -0.2) is 9.97 Å². The first-order chi connectivity index (χ1) is 7.66. The number of aromatic nitrogens is 2. The molecule has 2 rings (SSSR count). The van der Waals surface area contributed by atoms with Crippen molar-refractivity contribution < 1.29 is 4.79 Å². The Morgan fingerprint density at radius 3 is 2.50 bits per heavy atom. The maximum atomic E-state index is 12.1. The molecule has 1 amide bonds. The average molecular weight is 219 g/mol. The van der Waals surface area contributed by atoms with Crippen LogP contribution in [-0.4, -0.2) is 33.9 Å². The van der Waals surface area contributed by atoms with E-state index in [4.69, 9.17) is 0 Å². The number of aryl methyl sites for hydroxylation is 2. The fraction of sp³-hybridized carbons (Fsp3) is 0.583. The number of rotatable bonds is 1. The van der Waals surface area contributed by atoms with Crippen LogP contribution in [0, 0.1) is 13.8 Å². The molecule has 0 spiro atoms. The zero-order chi connectivity index (χ0) is 11.5. The highest BCUT2D eigenvalue weighted by molar-refractivity contribution is 5.92. The van der Waals surface area contributed by atoms with Gasteiger partial charge in [-0.3, -0.25) is 4.79 Å². The lowest BCUT2D eigenvalue weighted by atomic mass is 10.1. The molecule has 0 N–H and O–H groups in total. The molecular formula is C12H17N3O. The molecule has 0 bridgehead atoms. The monoisotopic (exact) mass is 219 g/mol. The number of nitrogens with zero attached hydrogens (tertiary/aromatic N) is 3. The Hall–Kier alpha value is -1.45. The number of carbonyl (C=O) groups is 1. The van der Waals surface area contributed by atoms with Gasteiger partial charge in [0.25, 0.3) is 5.91 Å². The van der Waals surface area contributed by atoms with Crippen LogP contribution in [0.15, 0.2) is 6.07 Å². The maximum Gasteiger partial charge on any atom is 0.272 e. The van der Waals surface area contributed by atoms with E-state index in [1.54, 1.807) is 6.07 Å². The lowest BCUT2D eigenvalue weighted by Gasteiger charge is -2.26. The SMILES string of the molecule is Cc1cc(C(=O)N2CCCCC2)nc(C)n1. The topological polar surface area (TPSA) is 46.1 Å². The summed E-state index contributed by atoms with van der Waals surface area (Å²) >= 11 is 0. The zero-order valence-electron chi connectivity index (χ0n) is 9.86. The minimum Gasteiger partial charge on any atom is -0.337 e. The van der Waals surface area contributed by atoms with Crippen molar-refractivity contribution in [1.29, 1.82) is 0 Å². The second kappa shape index (κ2) is 4.60. The fourth-order valence-corrected chi connectivity index (χ4v) is 2.09. The molecule has 0 unspecified atom stereocenters. The molecule has 1 saturated heterocycles. The highest BCUT2D eigenvalue weighted by Crippen LogP contribution is 2.12. The molecule has 1 aliphatic rings. The molecule has 0 atom stereocenters. The van der Waals surface area contributed by atoms with Crippen molar-refractivity contribution in [3.8, 4) is 0 Å². The van der Waals surface area contributed by atoms with Crippen molar-refractivity contribution in [1.82, 2.24) is 14.9 Å². The summed E-state index contributed by atoms with van der Waals surface area (Å²) in [5, 5.41) is 0. The molecule has 1 aliphatic heterocycles. The van der Waals surface area contributed by atoms with Crippen LogP contribution >= 0.6 is 0 Å². The van der Waals surface area contributed by atoms with Gasteiger partial charge in [-0.2, -0.15) is 0 Å². The molecule has 4 heteroatoms. The van der Waals surface area contributed by atoms with Crippen LogP contribution in [0.25, 0.3) is 0 Å². The lowest BCUT2D eigenvalue weighted by molar-refractivity contribution is 0.0717. The largest absolute Gasteiger partial charge is 0.337 e. The Kier molecular flexibility index (Phi) is 3.17. The van der Waals surface area contributed by atoms with E-state index in [9.17, 15) is 4.79 Å². The van der Waals surface area contributed by atoms with Crippen LogP contribution in [0.2, 0.25) is 0 Å². The highest BCUT2D eigenvalue weighted by atomic mass is 16.2. The first-order valence-electron chi connectivity index (χ1n) is 5.78. The summed E-state index contributed by atoms with van der Waals surface area (Å²) < 4.78 is 0. The predicted molar refractivity (Wildman–Crippen MR) is 61.3 cm³/mol. The van der Waals surface area contributed by atoms with E-state index >= 15 is 0 Å². The minimum atomic E-state index is 0.0494. The minimum absolute atomic E-state index is 0.0494. The molecular weight excluding hydrogens is 202 g/mol. The molecule has 0 radical (unpaired) electrons. The van der Waals surface area contributed by atoms with E-state index in [0.717, 1.165) is 31.6 Å². The van der Waals surface area contributed by atoms with Crippen LogP contribution < -0.4 is 0 Å². The second-order valence-corrected chi connectivity index (χ2v) is 4.29. The normalized spacial score (nSPS) is 16.2. The molecule has 4 nitrogen and oxygen atoms in total. The van der Waals surface area contributed by atoms with E-state index in [-0.39, 0.29) is 5.91 Å². The number of likely N-dealkylation sites (tertiary alicyclic amines) is 1. The Morgan fingerprint density at radius 2 is 1.88 bits per heavy atom. The molecule has 2 heterocycles. The van der Waals surface area contributed by atoms with Crippen LogP contribution in [0.1, 0.15) is 41.3 Å². The van der Waals surface area contributed by atoms with E-state index in [0.29, 0.717) is 11.5 Å². The summed E-state index contributed by atoms with van der Waals surface area (Å²) in [7, 11) is 0. The van der Waals surface area contributed by atoms with Crippen molar-refractivity contribution in [3.05, 3.63) is 23.3 Å². The van der Waals surface area contributed by atoms with Crippen molar-refractivity contribution in [2.24, 2.45) is 0 Å². The van der Waals surface area contributed by atoms with Gasteiger partial charge in [0.1, 0.15) is 11.5 Å². The van der Waals surface area contributed by atoms with E-state index in [1.807, 2.05) is 18.7 Å². The van der Waals surface area contributed by atoms with Gasteiger partial charge in [-0.15, -0.1) is 0 Å². The van der Waals surface area contributed by atoms with Crippen molar-refractivity contribution in [3.63, 3.8) is 0 Å². The Labute approximate surface area is 95.7 Å². The summed E-state index contributed by atoms with van der Waals surface area (Å²) in [4.78, 5) is 22.4. The highest BCUT2D eigenvalue weighted by Gasteiger charge is 2.19. The summed E-state index contributed by atoms with van der Waals surface area (Å²) in [6, 6.07) is 1.77. The summed E-state index contributed by atoms with van der Waals surface area (Å²) in [5.74, 6) is 0.716. The van der Waals surface area contributed by atoms with Crippen LogP contribution in [0.5, 0.6) is 0 Å². The van der Waals surface area contributed by atoms with Gasteiger partial charge < -0.3 is 4.90 Å². The second-order valence-electron chi connectivity index (χ2n) is 4.29. The van der Waals surface area contributed by atoms with Gasteiger partial charge in [0.05, 0.1) is 0 Å². The Balaban J connectivity index is 2.19. The third kappa shape index (κ3) is 2.38.